The van der Waals surface area contributed by atoms with Gasteiger partial charge in [-0.25, -0.2) is 4.98 Å². The number of hydrogen-bond acceptors (Lipinski definition) is 4. The van der Waals surface area contributed by atoms with Crippen LogP contribution in [0.1, 0.15) is 29.2 Å². The molecule has 0 saturated heterocycles. The number of fused-ring (bicyclic) bond motifs is 1. The maximum atomic E-state index is 10.1. The predicted molar refractivity (Wildman–Crippen MR) is 66.5 cm³/mol. The smallest absolute Gasteiger partial charge is 0.153 e. The fourth-order valence-corrected chi connectivity index (χ4v) is 2.82. The highest BCUT2D eigenvalue weighted by atomic mass is 35.5. The Morgan fingerprint density at radius 3 is 3.12 bits per heavy atom. The minimum Gasteiger partial charge on any atom is -0.483 e. The topological polar surface area (TPSA) is 42.4 Å². The van der Waals surface area contributed by atoms with E-state index < -0.39 is 6.10 Å². The van der Waals surface area contributed by atoms with Crippen LogP contribution in [-0.2, 0) is 0 Å². The molecule has 0 aliphatic carbocycles. The first-order chi connectivity index (χ1) is 8.24. The fourth-order valence-electron chi connectivity index (χ4n) is 1.96. The fraction of sp³-hybridized carbons (Fsp3) is 0.250. The summed E-state index contributed by atoms with van der Waals surface area (Å²) in [6.45, 7) is 0. The molecule has 2 aromatic rings. The normalized spacial score (nSPS) is 22.9. The van der Waals surface area contributed by atoms with E-state index in [1.807, 2.05) is 5.38 Å². The van der Waals surface area contributed by atoms with Crippen molar-refractivity contribution in [3.8, 4) is 5.75 Å². The molecule has 1 aliphatic heterocycles. The Balaban J connectivity index is 1.96. The van der Waals surface area contributed by atoms with Crippen molar-refractivity contribution in [1.82, 2.24) is 4.98 Å². The van der Waals surface area contributed by atoms with Gasteiger partial charge in [0.25, 0.3) is 0 Å². The highest BCUT2D eigenvalue weighted by molar-refractivity contribution is 7.09. The van der Waals surface area contributed by atoms with Crippen LogP contribution < -0.4 is 4.74 Å². The first kappa shape index (κ1) is 11.0. The Hall–Kier alpha value is -1.10. The Morgan fingerprint density at radius 2 is 2.35 bits per heavy atom. The number of hydrogen-bond donors (Lipinski definition) is 1. The zero-order valence-electron chi connectivity index (χ0n) is 8.84. The van der Waals surface area contributed by atoms with Crippen LogP contribution in [-0.4, -0.2) is 10.1 Å². The van der Waals surface area contributed by atoms with Gasteiger partial charge in [0, 0.05) is 28.6 Å². The standard InChI is InChI=1S/C12H10ClNO2S/c13-7-1-2-10-8(5-7)9(15)6-11(16-10)12-14-3-4-17-12/h1-5,9,11,15H,6H2/t9-,11?/m0/s1. The van der Waals surface area contributed by atoms with Gasteiger partial charge in [0.2, 0.25) is 0 Å². The zero-order valence-corrected chi connectivity index (χ0v) is 10.4. The minimum absolute atomic E-state index is 0.168. The van der Waals surface area contributed by atoms with Gasteiger partial charge in [-0.2, -0.15) is 0 Å². The SMILES string of the molecule is O[C@H]1CC(c2nccs2)Oc2ccc(Cl)cc21. The molecule has 0 bridgehead atoms. The highest BCUT2D eigenvalue weighted by Gasteiger charge is 2.29. The summed E-state index contributed by atoms with van der Waals surface area (Å²) in [5.74, 6) is 0.688. The number of rotatable bonds is 1. The van der Waals surface area contributed by atoms with Gasteiger partial charge in [-0.15, -0.1) is 11.3 Å². The van der Waals surface area contributed by atoms with Crippen molar-refractivity contribution < 1.29 is 9.84 Å². The number of aliphatic hydroxyl groups excluding tert-OH is 1. The third-order valence-electron chi connectivity index (χ3n) is 2.76. The van der Waals surface area contributed by atoms with E-state index in [2.05, 4.69) is 4.98 Å². The number of nitrogens with zero attached hydrogens (tertiary/aromatic N) is 1. The molecule has 0 amide bonds. The van der Waals surface area contributed by atoms with E-state index in [1.165, 1.54) is 11.3 Å². The largest absolute Gasteiger partial charge is 0.483 e. The summed E-state index contributed by atoms with van der Waals surface area (Å²) in [5.41, 5.74) is 0.755. The van der Waals surface area contributed by atoms with E-state index >= 15 is 0 Å². The Labute approximate surface area is 108 Å². The monoisotopic (exact) mass is 267 g/mol. The average molecular weight is 268 g/mol. The third kappa shape index (κ3) is 2.04. The van der Waals surface area contributed by atoms with Gasteiger partial charge in [0.05, 0.1) is 6.10 Å². The lowest BCUT2D eigenvalue weighted by Gasteiger charge is -2.28. The summed E-state index contributed by atoms with van der Waals surface area (Å²) in [7, 11) is 0. The number of ether oxygens (including phenoxy) is 1. The molecule has 88 valence electrons. The highest BCUT2D eigenvalue weighted by Crippen LogP contribution is 2.41. The zero-order chi connectivity index (χ0) is 11.8. The maximum absolute atomic E-state index is 10.1. The molecular formula is C12H10ClNO2S. The first-order valence-electron chi connectivity index (χ1n) is 5.27. The van der Waals surface area contributed by atoms with Crippen LogP contribution in [0, 0.1) is 0 Å². The number of aliphatic hydroxyl groups is 1. The van der Waals surface area contributed by atoms with Gasteiger partial charge in [0.15, 0.2) is 6.10 Å². The van der Waals surface area contributed by atoms with Crippen molar-refractivity contribution in [1.29, 1.82) is 0 Å². The van der Waals surface area contributed by atoms with Crippen molar-refractivity contribution in [3.63, 3.8) is 0 Å². The number of thiazole rings is 1. The predicted octanol–water partition coefficient (Wildman–Crippen LogP) is 3.35. The molecule has 17 heavy (non-hydrogen) atoms. The lowest BCUT2D eigenvalue weighted by atomic mass is 9.99. The van der Waals surface area contributed by atoms with Crippen molar-refractivity contribution in [2.24, 2.45) is 0 Å². The van der Waals surface area contributed by atoms with Gasteiger partial charge in [-0.1, -0.05) is 11.6 Å². The van der Waals surface area contributed by atoms with Gasteiger partial charge >= 0.3 is 0 Å². The van der Waals surface area contributed by atoms with E-state index in [9.17, 15) is 5.11 Å². The van der Waals surface area contributed by atoms with Crippen LogP contribution in [0.25, 0.3) is 0 Å². The number of benzene rings is 1. The summed E-state index contributed by atoms with van der Waals surface area (Å²) in [6, 6.07) is 5.30. The van der Waals surface area contributed by atoms with Crippen molar-refractivity contribution >= 4 is 22.9 Å². The lowest BCUT2D eigenvalue weighted by Crippen LogP contribution is -2.18. The molecule has 0 spiro atoms. The lowest BCUT2D eigenvalue weighted by molar-refractivity contribution is 0.0656. The molecule has 2 atom stereocenters. The van der Waals surface area contributed by atoms with Crippen molar-refractivity contribution in [3.05, 3.63) is 45.4 Å². The van der Waals surface area contributed by atoms with Crippen molar-refractivity contribution in [2.45, 2.75) is 18.6 Å². The quantitative estimate of drug-likeness (QED) is 0.862. The Morgan fingerprint density at radius 1 is 1.47 bits per heavy atom. The van der Waals surface area contributed by atoms with E-state index in [-0.39, 0.29) is 6.10 Å². The molecule has 0 saturated carbocycles. The van der Waals surface area contributed by atoms with Crippen molar-refractivity contribution in [2.75, 3.05) is 0 Å². The third-order valence-corrected chi connectivity index (χ3v) is 3.87. The summed E-state index contributed by atoms with van der Waals surface area (Å²) >= 11 is 7.44. The van der Waals surface area contributed by atoms with E-state index in [0.29, 0.717) is 17.2 Å². The molecule has 1 aromatic heterocycles. The number of aromatic nitrogens is 1. The van der Waals surface area contributed by atoms with Crippen LogP contribution in [0.3, 0.4) is 0 Å². The molecule has 3 nitrogen and oxygen atoms in total. The molecule has 1 unspecified atom stereocenters. The molecular weight excluding hydrogens is 258 g/mol. The molecule has 0 fully saturated rings. The van der Waals surface area contributed by atoms with E-state index in [4.69, 9.17) is 16.3 Å². The molecule has 1 aromatic carbocycles. The van der Waals surface area contributed by atoms with Crippen LogP contribution >= 0.6 is 22.9 Å². The van der Waals surface area contributed by atoms with Gasteiger partial charge in [-0.05, 0) is 18.2 Å². The van der Waals surface area contributed by atoms with Crippen LogP contribution in [0.2, 0.25) is 5.02 Å². The molecule has 0 radical (unpaired) electrons. The second-order valence-electron chi connectivity index (χ2n) is 3.91. The summed E-state index contributed by atoms with van der Waals surface area (Å²) in [6.07, 6.45) is 1.54. The summed E-state index contributed by atoms with van der Waals surface area (Å²) in [4.78, 5) is 4.22. The second-order valence-corrected chi connectivity index (χ2v) is 5.27. The number of halogens is 1. The first-order valence-corrected chi connectivity index (χ1v) is 6.53. The van der Waals surface area contributed by atoms with E-state index in [1.54, 1.807) is 24.4 Å². The molecule has 1 N–H and O–H groups in total. The van der Waals surface area contributed by atoms with Gasteiger partial charge in [-0.3, -0.25) is 0 Å². The Bertz CT molecular complexity index is 529. The summed E-state index contributed by atoms with van der Waals surface area (Å²) < 4.78 is 5.83. The van der Waals surface area contributed by atoms with Crippen LogP contribution in [0.5, 0.6) is 5.75 Å². The molecule has 1 aliphatic rings. The Kier molecular flexibility index (Phi) is 2.78. The van der Waals surface area contributed by atoms with Crippen LogP contribution in [0.4, 0.5) is 0 Å². The second kappa shape index (κ2) is 4.29. The minimum atomic E-state index is -0.550. The summed E-state index contributed by atoms with van der Waals surface area (Å²) in [5, 5.41) is 13.5. The van der Waals surface area contributed by atoms with E-state index in [0.717, 1.165) is 10.6 Å². The van der Waals surface area contributed by atoms with Crippen LogP contribution in [0.15, 0.2) is 29.8 Å². The molecule has 5 heteroatoms. The average Bonchev–Trinajstić information content (AvgIpc) is 2.83. The maximum Gasteiger partial charge on any atom is 0.153 e. The van der Waals surface area contributed by atoms with Gasteiger partial charge < -0.3 is 9.84 Å². The molecule has 3 rings (SSSR count). The van der Waals surface area contributed by atoms with Gasteiger partial charge in [0.1, 0.15) is 10.8 Å². The molecule has 2 heterocycles.